The molecule has 11 rings (SSSR count). The largest absolute Gasteiger partial charge is 1.00 e. The van der Waals surface area contributed by atoms with Crippen LogP contribution in [0.5, 0.6) is 0 Å². The van der Waals surface area contributed by atoms with Crippen LogP contribution in [-0.2, 0) is 57.6 Å². The van der Waals surface area contributed by atoms with Gasteiger partial charge >= 0.3 is 44.8 Å². The van der Waals surface area contributed by atoms with Gasteiger partial charge in [0, 0.05) is 0 Å². The van der Waals surface area contributed by atoms with Crippen LogP contribution >= 0.6 is 15.8 Å². The summed E-state index contributed by atoms with van der Waals surface area (Å²) >= 11 is 0. The number of hydrogen-bond donors (Lipinski definition) is 0. The molecule has 1 saturated carbocycles. The topological polar surface area (TPSA) is 0 Å². The minimum atomic E-state index is -0.882. The monoisotopic (exact) mass is 1230 g/mol. The van der Waals surface area contributed by atoms with Gasteiger partial charge in [0.25, 0.3) is 0 Å². The van der Waals surface area contributed by atoms with Crippen LogP contribution in [0.15, 0.2) is 206 Å². The zero-order chi connectivity index (χ0) is 42.1. The fourth-order valence-corrected chi connectivity index (χ4v) is 17.7. The van der Waals surface area contributed by atoms with E-state index in [0.29, 0.717) is 0 Å². The molecule has 1 fully saturated rings. The molecule has 8 aromatic carbocycles. The molecule has 3 aliphatic carbocycles. The van der Waals surface area contributed by atoms with Crippen molar-refractivity contribution in [3.8, 4) is 34.1 Å². The average molecular weight is 1230 g/mol. The van der Waals surface area contributed by atoms with Gasteiger partial charge in [-0.05, 0) is 120 Å². The number of benzene rings is 8. The van der Waals surface area contributed by atoms with Gasteiger partial charge in [-0.1, -0.05) is 146 Å². The van der Waals surface area contributed by atoms with Crippen LogP contribution in [0.4, 0.5) is 0 Å². The van der Waals surface area contributed by atoms with Crippen molar-refractivity contribution < 1.29 is 44.8 Å². The van der Waals surface area contributed by atoms with Crippen LogP contribution < -0.4 is 21.2 Å². The van der Waals surface area contributed by atoms with Crippen molar-refractivity contribution in [2.75, 3.05) is 0 Å². The Balaban J connectivity index is 0.000000159. The van der Waals surface area contributed by atoms with Crippen LogP contribution in [0.1, 0.15) is 59.1 Å². The van der Waals surface area contributed by atoms with E-state index < -0.39 is 15.8 Å². The second-order valence-corrected chi connectivity index (χ2v) is 21.8. The normalized spacial score (nSPS) is 14.8. The molecule has 0 amide bonds. The summed E-state index contributed by atoms with van der Waals surface area (Å²) in [4.78, 5) is 0. The predicted octanol–water partition coefficient (Wildman–Crippen LogP) is 12.4. The van der Waals surface area contributed by atoms with E-state index in [2.05, 4.69) is 194 Å². The molecule has 0 radical (unpaired) electrons. The summed E-state index contributed by atoms with van der Waals surface area (Å²) in [6.45, 7) is 0. The van der Waals surface area contributed by atoms with Gasteiger partial charge in [0.1, 0.15) is 11.3 Å². The average Bonchev–Trinajstić information content (AvgIpc) is 3.93. The molecule has 0 bridgehead atoms. The third-order valence-corrected chi connectivity index (χ3v) is 19.8. The fourth-order valence-electron chi connectivity index (χ4n) is 10.0. The van der Waals surface area contributed by atoms with Gasteiger partial charge in [-0.15, -0.1) is 34.4 Å². The molecule has 4 heteroatoms. The van der Waals surface area contributed by atoms with Crippen LogP contribution in [0.3, 0.4) is 0 Å². The van der Waals surface area contributed by atoms with E-state index in [0.717, 1.165) is 35.3 Å². The summed E-state index contributed by atoms with van der Waals surface area (Å²) < 4.78 is 0. The Labute approximate surface area is 414 Å². The zero-order valence-corrected chi connectivity index (χ0v) is 42.0. The van der Waals surface area contributed by atoms with Crippen molar-refractivity contribution >= 4 is 37.1 Å². The summed E-state index contributed by atoms with van der Waals surface area (Å²) in [6, 6.07) is 74.7. The first-order chi connectivity index (χ1) is 30.7. The maximum Gasteiger partial charge on any atom is 1.00 e. The Morgan fingerprint density at radius 2 is 0.641 bits per heavy atom. The zero-order valence-electron chi connectivity index (χ0n) is 35.6. The van der Waals surface area contributed by atoms with E-state index in [4.69, 9.17) is 12.8 Å². The van der Waals surface area contributed by atoms with Crippen molar-refractivity contribution in [1.29, 1.82) is 0 Å². The van der Waals surface area contributed by atoms with Crippen molar-refractivity contribution in [1.82, 2.24) is 0 Å². The molecule has 0 aliphatic heterocycles. The standard InChI is InChI=1S/C30H30P2.2C15H9.2Au/c1-5-15-25(16-6-1)31(26-17-7-2-8-18-26)29-23-13-14-24-30(29)32(27-19-9-3-10-20-27)28-21-11-4-12-22-28;2*1-2-11-7-5-9-14-13-8-4-3-6-12(13)10-15(11)14;;/h1-12,15-22,29-30H,13-14,23-24H2;2*3-9H,10H2;;/q;2*-1;2*+1/p+2. The molecule has 0 N–H and O–H groups in total. The van der Waals surface area contributed by atoms with Crippen molar-refractivity contribution in [2.24, 2.45) is 0 Å². The molecular formula is C60H50Au2P2+2. The molecule has 320 valence electrons. The quantitative estimate of drug-likeness (QED) is 0.0674. The molecule has 3 aliphatic rings. The molecule has 8 aromatic rings. The molecule has 0 heterocycles. The van der Waals surface area contributed by atoms with Crippen molar-refractivity contribution in [2.45, 2.75) is 49.8 Å². The Hall–Kier alpha value is -4.78. The van der Waals surface area contributed by atoms with Gasteiger partial charge < -0.3 is 12.8 Å². The van der Waals surface area contributed by atoms with Gasteiger partial charge in [0.15, 0.2) is 0 Å². The second-order valence-electron chi connectivity index (χ2n) is 16.4. The Morgan fingerprint density at radius 3 is 0.969 bits per heavy atom. The third kappa shape index (κ3) is 10.3. The molecule has 64 heavy (non-hydrogen) atoms. The minimum Gasteiger partial charge on any atom is -0.366 e. The predicted molar refractivity (Wildman–Crippen MR) is 269 cm³/mol. The second kappa shape index (κ2) is 22.9. The Bertz CT molecular complexity index is 2570. The van der Waals surface area contributed by atoms with E-state index in [9.17, 15) is 0 Å². The number of hydrogen-bond acceptors (Lipinski definition) is 0. The summed E-state index contributed by atoms with van der Waals surface area (Å²) in [6.07, 6.45) is 21.9. The van der Waals surface area contributed by atoms with E-state index in [1.807, 2.05) is 24.3 Å². The first-order valence-corrected chi connectivity index (χ1v) is 25.1. The van der Waals surface area contributed by atoms with Gasteiger partial charge in [0.2, 0.25) is 0 Å². The molecule has 2 unspecified atom stereocenters. The van der Waals surface area contributed by atoms with E-state index in [1.54, 1.807) is 21.2 Å². The summed E-state index contributed by atoms with van der Waals surface area (Å²) in [5, 5.41) is 6.29. The van der Waals surface area contributed by atoms with Crippen molar-refractivity contribution in [3.63, 3.8) is 0 Å². The first kappa shape index (κ1) is 47.2. The molecule has 2 atom stereocenters. The molecule has 0 aromatic heterocycles. The van der Waals surface area contributed by atoms with E-state index >= 15 is 0 Å². The van der Waals surface area contributed by atoms with Gasteiger partial charge in [-0.3, -0.25) is 11.8 Å². The van der Waals surface area contributed by atoms with Crippen LogP contribution in [-0.4, -0.2) is 11.3 Å². The Morgan fingerprint density at radius 1 is 0.344 bits per heavy atom. The molecule has 0 nitrogen and oxygen atoms in total. The molecule has 0 saturated heterocycles. The molecular weight excluding hydrogens is 1180 g/mol. The van der Waals surface area contributed by atoms with Crippen LogP contribution in [0.25, 0.3) is 22.3 Å². The minimum absolute atomic E-state index is 0. The summed E-state index contributed by atoms with van der Waals surface area (Å²) in [5.74, 6) is 5.02. The van der Waals surface area contributed by atoms with Crippen LogP contribution in [0, 0.1) is 24.7 Å². The van der Waals surface area contributed by atoms with Gasteiger partial charge in [0.05, 0.1) is 37.1 Å². The first-order valence-electron chi connectivity index (χ1n) is 21.9. The van der Waals surface area contributed by atoms with Gasteiger partial charge in [-0.25, -0.2) is 0 Å². The number of fused-ring (bicyclic) bond motifs is 6. The maximum atomic E-state index is 7.27. The van der Waals surface area contributed by atoms with Crippen LogP contribution in [0.2, 0.25) is 0 Å². The smallest absolute Gasteiger partial charge is 0.366 e. The van der Waals surface area contributed by atoms with E-state index in [1.165, 1.54) is 70.2 Å². The number of rotatable bonds is 6. The third-order valence-electron chi connectivity index (χ3n) is 12.8. The molecule has 0 spiro atoms. The maximum absolute atomic E-state index is 7.27. The van der Waals surface area contributed by atoms with E-state index in [-0.39, 0.29) is 44.8 Å². The summed E-state index contributed by atoms with van der Waals surface area (Å²) in [5.41, 5.74) is 13.7. The van der Waals surface area contributed by atoms with Crippen molar-refractivity contribution in [3.05, 3.63) is 252 Å². The van der Waals surface area contributed by atoms with Gasteiger partial charge in [-0.2, -0.15) is 0 Å². The fraction of sp³-hybridized carbons (Fsp3) is 0.133. The summed E-state index contributed by atoms with van der Waals surface area (Å²) in [7, 11) is -1.76. The SMILES string of the molecule is [Au+].[Au+].[C-]#Cc1cccc2c1Cc1ccccc1-2.[C-]#Cc1cccc2c1Cc1ccccc1-2.c1ccc([PH+](c2ccccc2)C2CCCCC2[PH+](c2ccccc2)c2ccccc2)cc1. The Kier molecular flexibility index (Phi) is 16.9.